The molecule has 0 spiro atoms. The first-order valence-electron chi connectivity index (χ1n) is 8.50. The van der Waals surface area contributed by atoms with Crippen molar-refractivity contribution in [2.75, 3.05) is 13.2 Å². The van der Waals surface area contributed by atoms with Crippen molar-refractivity contribution in [3.05, 3.63) is 65.2 Å². The number of likely N-dealkylation sites (tertiary alicyclic amines) is 1. The van der Waals surface area contributed by atoms with Gasteiger partial charge in [0, 0.05) is 18.2 Å². The van der Waals surface area contributed by atoms with Crippen LogP contribution in [0.2, 0.25) is 0 Å². The summed E-state index contributed by atoms with van der Waals surface area (Å²) < 4.78 is 11.0. The number of rotatable bonds is 5. The normalized spacial score (nSPS) is 20.0. The maximum absolute atomic E-state index is 11.5. The van der Waals surface area contributed by atoms with Crippen molar-refractivity contribution in [3.63, 3.8) is 0 Å². The fraction of sp³-hybridized carbons (Fsp3) is 0.350. The zero-order valence-electron chi connectivity index (χ0n) is 13.6. The topological polar surface area (TPSA) is 38.8 Å². The molecule has 4 nitrogen and oxygen atoms in total. The number of cyclic esters (lactones) is 1. The molecule has 0 aromatic heterocycles. The van der Waals surface area contributed by atoms with Crippen molar-refractivity contribution >= 4 is 5.97 Å². The largest absolute Gasteiger partial charge is 0.492 e. The fourth-order valence-corrected chi connectivity index (χ4v) is 3.50. The minimum absolute atomic E-state index is 0.235. The van der Waals surface area contributed by atoms with Crippen LogP contribution >= 0.6 is 0 Å². The van der Waals surface area contributed by atoms with Crippen molar-refractivity contribution in [1.82, 2.24) is 4.90 Å². The predicted octanol–water partition coefficient (Wildman–Crippen LogP) is 3.40. The molecule has 4 heteroatoms. The van der Waals surface area contributed by atoms with Gasteiger partial charge in [0.25, 0.3) is 0 Å². The Morgan fingerprint density at radius 1 is 1.17 bits per heavy atom. The van der Waals surface area contributed by atoms with Gasteiger partial charge in [-0.1, -0.05) is 30.3 Å². The second-order valence-electron chi connectivity index (χ2n) is 6.46. The third kappa shape index (κ3) is 3.15. The van der Waals surface area contributed by atoms with Gasteiger partial charge < -0.3 is 9.47 Å². The highest BCUT2D eigenvalue weighted by Gasteiger charge is 2.26. The molecule has 2 aliphatic rings. The van der Waals surface area contributed by atoms with Gasteiger partial charge in [0.15, 0.2) is 0 Å². The number of carbonyl (C=O) groups excluding carboxylic acids is 1. The molecule has 2 aromatic rings. The molecule has 1 unspecified atom stereocenters. The Labute approximate surface area is 142 Å². The van der Waals surface area contributed by atoms with E-state index in [1.165, 1.54) is 18.4 Å². The van der Waals surface area contributed by atoms with E-state index in [4.69, 9.17) is 9.47 Å². The third-order valence-electron chi connectivity index (χ3n) is 4.83. The van der Waals surface area contributed by atoms with Crippen LogP contribution in [0.4, 0.5) is 0 Å². The van der Waals surface area contributed by atoms with Crippen LogP contribution in [0, 0.1) is 0 Å². The number of hydrogen-bond acceptors (Lipinski definition) is 4. The minimum atomic E-state index is -0.235. The standard InChI is InChI=1S/C20H21NO3/c22-20-19-9-8-18(11-16(19)13-24-20)23-14-17-7-4-10-21(17)12-15-5-2-1-3-6-15/h1-3,5-6,8-9,11,17H,4,7,10,12-14H2. The average molecular weight is 323 g/mol. The highest BCUT2D eigenvalue weighted by atomic mass is 16.5. The second kappa shape index (κ2) is 6.65. The lowest BCUT2D eigenvalue weighted by molar-refractivity contribution is 0.0535. The molecule has 2 aromatic carbocycles. The first kappa shape index (κ1) is 15.2. The van der Waals surface area contributed by atoms with E-state index in [0.717, 1.165) is 24.4 Å². The maximum Gasteiger partial charge on any atom is 0.338 e. The molecule has 0 saturated carbocycles. The van der Waals surface area contributed by atoms with Crippen LogP contribution in [0.5, 0.6) is 5.75 Å². The molecule has 0 radical (unpaired) electrons. The molecule has 24 heavy (non-hydrogen) atoms. The van der Waals surface area contributed by atoms with Gasteiger partial charge in [-0.3, -0.25) is 4.90 Å². The molecule has 0 N–H and O–H groups in total. The number of ether oxygens (including phenoxy) is 2. The summed E-state index contributed by atoms with van der Waals surface area (Å²) in [5.41, 5.74) is 2.93. The number of esters is 1. The van der Waals surface area contributed by atoms with Gasteiger partial charge in [0.1, 0.15) is 19.0 Å². The molecule has 124 valence electrons. The molecule has 0 bridgehead atoms. The van der Waals surface area contributed by atoms with E-state index in [-0.39, 0.29) is 5.97 Å². The summed E-state index contributed by atoms with van der Waals surface area (Å²) in [5.74, 6) is 0.583. The van der Waals surface area contributed by atoms with E-state index in [2.05, 4.69) is 35.2 Å². The average Bonchev–Trinajstić information content (AvgIpc) is 3.21. The smallest absolute Gasteiger partial charge is 0.338 e. The van der Waals surface area contributed by atoms with Crippen molar-refractivity contribution in [2.45, 2.75) is 32.0 Å². The van der Waals surface area contributed by atoms with Crippen LogP contribution in [0.15, 0.2) is 48.5 Å². The summed E-state index contributed by atoms with van der Waals surface area (Å²) in [6, 6.07) is 16.6. The van der Waals surface area contributed by atoms with Crippen molar-refractivity contribution in [2.24, 2.45) is 0 Å². The van der Waals surface area contributed by atoms with Crippen molar-refractivity contribution < 1.29 is 14.3 Å². The summed E-state index contributed by atoms with van der Waals surface area (Å²) in [4.78, 5) is 14.0. The van der Waals surface area contributed by atoms with Crippen LogP contribution in [0.25, 0.3) is 0 Å². The molecule has 1 atom stereocenters. The first-order chi connectivity index (χ1) is 11.8. The van der Waals surface area contributed by atoms with Gasteiger partial charge in [0.05, 0.1) is 5.56 Å². The number of benzene rings is 2. The van der Waals surface area contributed by atoms with E-state index in [1.54, 1.807) is 6.07 Å². The van der Waals surface area contributed by atoms with Crippen LogP contribution in [-0.2, 0) is 17.9 Å². The third-order valence-corrected chi connectivity index (χ3v) is 4.83. The van der Waals surface area contributed by atoms with Gasteiger partial charge in [0.2, 0.25) is 0 Å². The summed E-state index contributed by atoms with van der Waals surface area (Å²) in [5, 5.41) is 0. The van der Waals surface area contributed by atoms with Gasteiger partial charge >= 0.3 is 5.97 Å². The van der Waals surface area contributed by atoms with Crippen molar-refractivity contribution in [1.29, 1.82) is 0 Å². The SMILES string of the molecule is O=C1OCc2cc(OCC3CCCN3Cc3ccccc3)ccc21. The highest BCUT2D eigenvalue weighted by molar-refractivity contribution is 5.93. The van der Waals surface area contributed by atoms with E-state index < -0.39 is 0 Å². The molecule has 1 fully saturated rings. The van der Waals surface area contributed by atoms with Gasteiger partial charge in [-0.05, 0) is 43.1 Å². The lowest BCUT2D eigenvalue weighted by Gasteiger charge is -2.24. The lowest BCUT2D eigenvalue weighted by atomic mass is 10.1. The Kier molecular flexibility index (Phi) is 4.22. The quantitative estimate of drug-likeness (QED) is 0.791. The number of hydrogen-bond donors (Lipinski definition) is 0. The Morgan fingerprint density at radius 2 is 2.04 bits per heavy atom. The van der Waals surface area contributed by atoms with Gasteiger partial charge in [-0.15, -0.1) is 0 Å². The highest BCUT2D eigenvalue weighted by Crippen LogP contribution is 2.26. The monoisotopic (exact) mass is 323 g/mol. The van der Waals surface area contributed by atoms with E-state index in [9.17, 15) is 4.79 Å². The summed E-state index contributed by atoms with van der Waals surface area (Å²) in [7, 11) is 0. The molecule has 2 heterocycles. The first-order valence-corrected chi connectivity index (χ1v) is 8.50. The molecule has 2 aliphatic heterocycles. The molecule has 4 rings (SSSR count). The van der Waals surface area contributed by atoms with E-state index in [0.29, 0.717) is 24.8 Å². The Hall–Kier alpha value is -2.33. The van der Waals surface area contributed by atoms with E-state index >= 15 is 0 Å². The minimum Gasteiger partial charge on any atom is -0.492 e. The molecule has 0 aliphatic carbocycles. The Bertz CT molecular complexity index is 729. The van der Waals surface area contributed by atoms with E-state index in [1.807, 2.05) is 12.1 Å². The van der Waals surface area contributed by atoms with Crippen molar-refractivity contribution in [3.8, 4) is 5.75 Å². The second-order valence-corrected chi connectivity index (χ2v) is 6.46. The molecule has 0 amide bonds. The maximum atomic E-state index is 11.5. The van der Waals surface area contributed by atoms with Gasteiger partial charge in [-0.2, -0.15) is 0 Å². The van der Waals surface area contributed by atoms with Crippen LogP contribution in [0.3, 0.4) is 0 Å². The summed E-state index contributed by atoms with van der Waals surface area (Å²) in [6.07, 6.45) is 2.38. The number of carbonyl (C=O) groups is 1. The summed E-state index contributed by atoms with van der Waals surface area (Å²) in [6.45, 7) is 3.13. The number of fused-ring (bicyclic) bond motifs is 1. The van der Waals surface area contributed by atoms with Crippen LogP contribution in [-0.4, -0.2) is 30.1 Å². The predicted molar refractivity (Wildman–Crippen MR) is 90.9 cm³/mol. The Balaban J connectivity index is 1.37. The van der Waals surface area contributed by atoms with Crippen LogP contribution < -0.4 is 4.74 Å². The lowest BCUT2D eigenvalue weighted by Crippen LogP contribution is -2.33. The fourth-order valence-electron chi connectivity index (χ4n) is 3.50. The Morgan fingerprint density at radius 3 is 2.92 bits per heavy atom. The van der Waals surface area contributed by atoms with Crippen LogP contribution in [0.1, 0.15) is 34.3 Å². The zero-order valence-corrected chi connectivity index (χ0v) is 13.6. The zero-order chi connectivity index (χ0) is 16.4. The molecular formula is C20H21NO3. The molecular weight excluding hydrogens is 302 g/mol. The van der Waals surface area contributed by atoms with Gasteiger partial charge in [-0.25, -0.2) is 4.79 Å². The number of nitrogens with zero attached hydrogens (tertiary/aromatic N) is 1. The summed E-state index contributed by atoms with van der Waals surface area (Å²) >= 11 is 0. The molecule has 1 saturated heterocycles.